The summed E-state index contributed by atoms with van der Waals surface area (Å²) >= 11 is 0. The molecule has 0 aliphatic carbocycles. The number of anilines is 1. The Morgan fingerprint density at radius 3 is 2.43 bits per heavy atom. The number of imidazole rings is 1. The van der Waals surface area contributed by atoms with Crippen molar-refractivity contribution in [3.63, 3.8) is 0 Å². The number of nitrogens with one attached hydrogen (secondary N) is 1. The first-order valence-corrected chi connectivity index (χ1v) is 12.3. The maximum atomic E-state index is 12.9. The topological polar surface area (TPSA) is 59.4 Å². The number of carbonyl (C=O) groups is 1. The normalized spacial score (nSPS) is 14.3. The molecule has 1 aromatic heterocycles. The van der Waals surface area contributed by atoms with E-state index in [1.807, 2.05) is 30.3 Å². The highest BCUT2D eigenvalue weighted by atomic mass is 16.5. The quantitative estimate of drug-likeness (QED) is 0.418. The summed E-state index contributed by atoms with van der Waals surface area (Å²) in [5.41, 5.74) is 5.71. The fraction of sp³-hybridized carbons (Fsp3) is 0.310. The van der Waals surface area contributed by atoms with Gasteiger partial charge in [-0.05, 0) is 49.1 Å². The minimum atomic E-state index is 0.00940. The van der Waals surface area contributed by atoms with E-state index in [1.165, 1.54) is 11.1 Å². The molecule has 180 valence electrons. The second-order valence-electron chi connectivity index (χ2n) is 9.20. The first-order valence-electron chi connectivity index (χ1n) is 12.3. The number of piperidine rings is 1. The first-order chi connectivity index (χ1) is 17.1. The van der Waals surface area contributed by atoms with Crippen LogP contribution in [-0.4, -0.2) is 35.7 Å². The van der Waals surface area contributed by atoms with E-state index >= 15 is 0 Å². The second kappa shape index (κ2) is 10.2. The van der Waals surface area contributed by atoms with Gasteiger partial charge in [-0.15, -0.1) is 0 Å². The van der Waals surface area contributed by atoms with Crippen LogP contribution < -0.4 is 15.0 Å². The predicted octanol–water partition coefficient (Wildman–Crippen LogP) is 4.93. The summed E-state index contributed by atoms with van der Waals surface area (Å²) in [6, 6.07) is 24.6. The highest BCUT2D eigenvalue weighted by Crippen LogP contribution is 2.28. The number of amides is 1. The summed E-state index contributed by atoms with van der Waals surface area (Å²) in [6.45, 7) is 5.04. The summed E-state index contributed by atoms with van der Waals surface area (Å²) in [5.74, 6) is 1.91. The number of nitrogens with zero attached hydrogens (tertiary/aromatic N) is 3. The van der Waals surface area contributed by atoms with E-state index < -0.39 is 0 Å². The molecule has 1 saturated heterocycles. The number of aromatic nitrogens is 2. The number of hydrogen-bond acceptors (Lipinski definition) is 4. The lowest BCUT2D eigenvalue weighted by molar-refractivity contribution is -0.125. The van der Waals surface area contributed by atoms with Gasteiger partial charge in [-0.3, -0.25) is 4.79 Å². The number of carbonyl (C=O) groups excluding carboxylic acids is 1. The minimum Gasteiger partial charge on any atom is -0.496 e. The van der Waals surface area contributed by atoms with E-state index in [0.717, 1.165) is 60.8 Å². The molecule has 0 unspecified atom stereocenters. The standard InChI is InChI=1S/C29H32N4O2/c1-21-9-3-4-11-24(21)20-33-26-13-7-6-12-25(26)31-29(33)32-17-15-22(16-18-32)28(34)30-19-23-10-5-8-14-27(23)35-2/h3-14,22H,15-20H2,1-2H3,(H,30,34). The molecule has 0 saturated carbocycles. The van der Waals surface area contributed by atoms with Crippen molar-refractivity contribution in [2.75, 3.05) is 25.1 Å². The summed E-state index contributed by atoms with van der Waals surface area (Å²) in [6.07, 6.45) is 1.62. The fourth-order valence-corrected chi connectivity index (χ4v) is 4.94. The third-order valence-electron chi connectivity index (χ3n) is 7.02. The van der Waals surface area contributed by atoms with E-state index in [1.54, 1.807) is 7.11 Å². The molecule has 2 heterocycles. The molecule has 6 heteroatoms. The lowest BCUT2D eigenvalue weighted by Crippen LogP contribution is -2.41. The molecule has 1 fully saturated rings. The van der Waals surface area contributed by atoms with Crippen LogP contribution in [0.5, 0.6) is 5.75 Å². The van der Waals surface area contributed by atoms with Crippen LogP contribution in [0, 0.1) is 12.8 Å². The van der Waals surface area contributed by atoms with Crippen molar-refractivity contribution in [2.45, 2.75) is 32.9 Å². The van der Waals surface area contributed by atoms with E-state index in [-0.39, 0.29) is 11.8 Å². The zero-order valence-corrected chi connectivity index (χ0v) is 20.4. The minimum absolute atomic E-state index is 0.00940. The van der Waals surface area contributed by atoms with E-state index in [9.17, 15) is 4.79 Å². The molecule has 3 aromatic carbocycles. The van der Waals surface area contributed by atoms with E-state index in [4.69, 9.17) is 9.72 Å². The van der Waals surface area contributed by atoms with Gasteiger partial charge in [0, 0.05) is 31.1 Å². The van der Waals surface area contributed by atoms with Crippen LogP contribution in [0.1, 0.15) is 29.5 Å². The smallest absolute Gasteiger partial charge is 0.223 e. The third-order valence-corrected chi connectivity index (χ3v) is 7.02. The van der Waals surface area contributed by atoms with Gasteiger partial charge in [0.2, 0.25) is 11.9 Å². The zero-order chi connectivity index (χ0) is 24.2. The lowest BCUT2D eigenvalue weighted by Gasteiger charge is -2.32. The van der Waals surface area contributed by atoms with Crippen molar-refractivity contribution >= 4 is 22.9 Å². The number of aryl methyl sites for hydroxylation is 1. The first kappa shape index (κ1) is 23.0. The van der Waals surface area contributed by atoms with Crippen molar-refractivity contribution in [2.24, 2.45) is 5.92 Å². The van der Waals surface area contributed by atoms with Gasteiger partial charge in [-0.25, -0.2) is 4.98 Å². The lowest BCUT2D eigenvalue weighted by atomic mass is 9.96. The van der Waals surface area contributed by atoms with Gasteiger partial charge in [0.25, 0.3) is 0 Å². The number of hydrogen-bond donors (Lipinski definition) is 1. The summed E-state index contributed by atoms with van der Waals surface area (Å²) in [4.78, 5) is 20.2. The molecular weight excluding hydrogens is 436 g/mol. The molecule has 0 spiro atoms. The molecule has 1 aliphatic heterocycles. The molecule has 5 rings (SSSR count). The van der Waals surface area contributed by atoms with Crippen molar-refractivity contribution in [3.8, 4) is 5.75 Å². The molecule has 6 nitrogen and oxygen atoms in total. The Morgan fingerprint density at radius 1 is 0.971 bits per heavy atom. The fourth-order valence-electron chi connectivity index (χ4n) is 4.94. The van der Waals surface area contributed by atoms with Crippen LogP contribution >= 0.6 is 0 Å². The van der Waals surface area contributed by atoms with Gasteiger partial charge in [0.1, 0.15) is 5.75 Å². The Hall–Kier alpha value is -3.80. The maximum absolute atomic E-state index is 12.9. The monoisotopic (exact) mass is 468 g/mol. The highest BCUT2D eigenvalue weighted by Gasteiger charge is 2.28. The largest absolute Gasteiger partial charge is 0.496 e. The Balaban J connectivity index is 1.28. The number of methoxy groups -OCH3 is 1. The van der Waals surface area contributed by atoms with Crippen LogP contribution in [0.15, 0.2) is 72.8 Å². The second-order valence-corrected chi connectivity index (χ2v) is 9.20. The van der Waals surface area contributed by atoms with E-state index in [0.29, 0.717) is 6.54 Å². The number of fused-ring (bicyclic) bond motifs is 1. The molecule has 1 amide bonds. The Bertz CT molecular complexity index is 1320. The summed E-state index contributed by atoms with van der Waals surface area (Å²) in [7, 11) is 1.66. The average Bonchev–Trinajstić information content (AvgIpc) is 3.27. The van der Waals surface area contributed by atoms with Crippen LogP contribution in [0.2, 0.25) is 0 Å². The third kappa shape index (κ3) is 4.87. The Kier molecular flexibility index (Phi) is 6.70. The summed E-state index contributed by atoms with van der Waals surface area (Å²) < 4.78 is 7.72. The van der Waals surface area contributed by atoms with Gasteiger partial charge in [-0.1, -0.05) is 54.6 Å². The molecule has 4 aromatic rings. The zero-order valence-electron chi connectivity index (χ0n) is 20.4. The molecule has 0 radical (unpaired) electrons. The van der Waals surface area contributed by atoms with Crippen LogP contribution in [0.25, 0.3) is 11.0 Å². The van der Waals surface area contributed by atoms with Crippen LogP contribution in [0.3, 0.4) is 0 Å². The van der Waals surface area contributed by atoms with Crippen molar-refractivity contribution in [1.29, 1.82) is 0 Å². The van der Waals surface area contributed by atoms with E-state index in [2.05, 4.69) is 64.2 Å². The van der Waals surface area contributed by atoms with Gasteiger partial charge < -0.3 is 19.5 Å². The van der Waals surface area contributed by atoms with Crippen molar-refractivity contribution in [3.05, 3.63) is 89.5 Å². The van der Waals surface area contributed by atoms with Gasteiger partial charge >= 0.3 is 0 Å². The Labute approximate surface area is 206 Å². The summed E-state index contributed by atoms with van der Waals surface area (Å²) in [5, 5.41) is 3.11. The van der Waals surface area contributed by atoms with Crippen LogP contribution in [-0.2, 0) is 17.9 Å². The van der Waals surface area contributed by atoms with Crippen molar-refractivity contribution in [1.82, 2.24) is 14.9 Å². The van der Waals surface area contributed by atoms with Gasteiger partial charge in [0.05, 0.1) is 24.7 Å². The maximum Gasteiger partial charge on any atom is 0.223 e. The molecule has 35 heavy (non-hydrogen) atoms. The van der Waals surface area contributed by atoms with Crippen LogP contribution in [0.4, 0.5) is 5.95 Å². The van der Waals surface area contributed by atoms with Gasteiger partial charge in [-0.2, -0.15) is 0 Å². The molecule has 0 bridgehead atoms. The Morgan fingerprint density at radius 2 is 1.66 bits per heavy atom. The average molecular weight is 469 g/mol. The highest BCUT2D eigenvalue weighted by molar-refractivity contribution is 5.80. The predicted molar refractivity (Wildman–Crippen MR) is 140 cm³/mol. The van der Waals surface area contributed by atoms with Crippen molar-refractivity contribution < 1.29 is 9.53 Å². The molecular formula is C29H32N4O2. The van der Waals surface area contributed by atoms with Gasteiger partial charge in [0.15, 0.2) is 0 Å². The number of para-hydroxylation sites is 3. The SMILES string of the molecule is COc1ccccc1CNC(=O)C1CCN(c2nc3ccccc3n2Cc2ccccc2C)CC1. The molecule has 1 N–H and O–H groups in total. The number of ether oxygens (including phenoxy) is 1. The molecule has 1 aliphatic rings. The number of rotatable bonds is 7. The number of benzene rings is 3. The molecule has 0 atom stereocenters.